The number of aliphatic carboxylic acids is 1. The lowest BCUT2D eigenvalue weighted by Gasteiger charge is -2.08. The summed E-state index contributed by atoms with van der Waals surface area (Å²) in [5.41, 5.74) is 10.7. The molecule has 0 aromatic carbocycles. The van der Waals surface area contributed by atoms with Gasteiger partial charge in [0.1, 0.15) is 11.8 Å². The van der Waals surface area contributed by atoms with Crippen molar-refractivity contribution in [2.45, 2.75) is 19.0 Å². The zero-order valence-electron chi connectivity index (χ0n) is 7.40. The number of Topliss-reactive ketones (excluding diaryl/α,β-unsaturated/α-hetero) is 1. The third kappa shape index (κ3) is 5.62. The average molecular weight is 206 g/mol. The highest BCUT2D eigenvalue weighted by atomic mass is 32.2. The van der Waals surface area contributed by atoms with Gasteiger partial charge in [-0.1, -0.05) is 0 Å². The Kier molecular flexibility index (Phi) is 5.68. The van der Waals surface area contributed by atoms with Gasteiger partial charge in [-0.25, -0.2) is 0 Å². The van der Waals surface area contributed by atoms with Gasteiger partial charge in [0.05, 0.1) is 6.04 Å². The summed E-state index contributed by atoms with van der Waals surface area (Å²) >= 11 is 1.27. The number of ketones is 1. The second-order valence-electron chi connectivity index (χ2n) is 2.70. The summed E-state index contributed by atoms with van der Waals surface area (Å²) < 4.78 is 0. The molecular weight excluding hydrogens is 192 g/mol. The van der Waals surface area contributed by atoms with Gasteiger partial charge in [0, 0.05) is 11.5 Å². The third-order valence-electron chi connectivity index (χ3n) is 1.43. The fourth-order valence-corrected chi connectivity index (χ4v) is 1.53. The minimum Gasteiger partial charge on any atom is -0.480 e. The highest BCUT2D eigenvalue weighted by Crippen LogP contribution is 2.03. The van der Waals surface area contributed by atoms with Gasteiger partial charge >= 0.3 is 5.97 Å². The number of carboxylic acids is 1. The molecule has 2 atom stereocenters. The van der Waals surface area contributed by atoms with E-state index in [1.54, 1.807) is 0 Å². The van der Waals surface area contributed by atoms with Crippen molar-refractivity contribution in [1.29, 1.82) is 0 Å². The minimum absolute atomic E-state index is 0.101. The number of carbonyl (C=O) groups is 2. The molecule has 0 heterocycles. The number of hydrogen-bond acceptors (Lipinski definition) is 5. The van der Waals surface area contributed by atoms with E-state index in [1.807, 2.05) is 0 Å². The molecule has 6 heteroatoms. The quantitative estimate of drug-likeness (QED) is 0.517. The molecule has 0 rings (SSSR count). The zero-order valence-corrected chi connectivity index (χ0v) is 8.21. The van der Waals surface area contributed by atoms with E-state index in [0.717, 1.165) is 0 Å². The maximum absolute atomic E-state index is 10.7. The number of rotatable bonds is 6. The number of carbonyl (C=O) groups excluding carboxylic acids is 1. The fraction of sp³-hybridized carbons (Fsp3) is 0.714. The van der Waals surface area contributed by atoms with E-state index in [1.165, 1.54) is 18.7 Å². The van der Waals surface area contributed by atoms with E-state index in [9.17, 15) is 9.59 Å². The molecule has 0 aromatic heterocycles. The monoisotopic (exact) mass is 206 g/mol. The van der Waals surface area contributed by atoms with Crippen LogP contribution in [0.25, 0.3) is 0 Å². The molecule has 0 saturated heterocycles. The van der Waals surface area contributed by atoms with Gasteiger partial charge in [-0.05, 0) is 6.92 Å². The van der Waals surface area contributed by atoms with Crippen LogP contribution in [0.4, 0.5) is 0 Å². The number of nitrogens with two attached hydrogens (primary N) is 2. The summed E-state index contributed by atoms with van der Waals surface area (Å²) in [5.74, 6) is -0.451. The Bertz CT molecular complexity index is 178. The first kappa shape index (κ1) is 12.4. The molecule has 0 spiro atoms. The Hall–Kier alpha value is -0.590. The van der Waals surface area contributed by atoms with E-state index < -0.39 is 18.1 Å². The standard InChI is InChI=1S/C7H14N2O3S/c1-4(10)5(8)2-13-3-6(9)7(11)12/h5-6H,2-3,8-9H2,1H3,(H,11,12). The van der Waals surface area contributed by atoms with Gasteiger partial charge in [-0.15, -0.1) is 0 Å². The van der Waals surface area contributed by atoms with Crippen LogP contribution >= 0.6 is 11.8 Å². The Balaban J connectivity index is 3.56. The van der Waals surface area contributed by atoms with Crippen molar-refractivity contribution < 1.29 is 14.7 Å². The normalized spacial score (nSPS) is 15.0. The molecule has 2 unspecified atom stereocenters. The van der Waals surface area contributed by atoms with Crippen LogP contribution in [0.2, 0.25) is 0 Å². The molecule has 5 N–H and O–H groups in total. The Morgan fingerprint density at radius 3 is 2.15 bits per heavy atom. The van der Waals surface area contributed by atoms with Crippen molar-refractivity contribution >= 4 is 23.5 Å². The molecular formula is C7H14N2O3S. The second kappa shape index (κ2) is 5.95. The van der Waals surface area contributed by atoms with Crippen molar-refractivity contribution in [1.82, 2.24) is 0 Å². The average Bonchev–Trinajstić information content (AvgIpc) is 2.03. The first-order valence-corrected chi connectivity index (χ1v) is 4.92. The molecule has 13 heavy (non-hydrogen) atoms. The zero-order chi connectivity index (χ0) is 10.4. The van der Waals surface area contributed by atoms with E-state index in [2.05, 4.69) is 0 Å². The van der Waals surface area contributed by atoms with Crippen LogP contribution in [-0.4, -0.2) is 40.4 Å². The van der Waals surface area contributed by atoms with E-state index >= 15 is 0 Å². The molecule has 0 aliphatic heterocycles. The van der Waals surface area contributed by atoms with Gasteiger partial charge in [-0.2, -0.15) is 11.8 Å². The van der Waals surface area contributed by atoms with Crippen molar-refractivity contribution in [2.75, 3.05) is 11.5 Å². The number of thioether (sulfide) groups is 1. The van der Waals surface area contributed by atoms with E-state index in [0.29, 0.717) is 5.75 Å². The maximum atomic E-state index is 10.7. The largest absolute Gasteiger partial charge is 0.480 e. The summed E-state index contributed by atoms with van der Waals surface area (Å²) in [6.07, 6.45) is 0. The van der Waals surface area contributed by atoms with Crippen LogP contribution in [0, 0.1) is 0 Å². The predicted molar refractivity (Wildman–Crippen MR) is 51.6 cm³/mol. The topological polar surface area (TPSA) is 106 Å². The van der Waals surface area contributed by atoms with Crippen LogP contribution in [0.1, 0.15) is 6.92 Å². The molecule has 0 amide bonds. The van der Waals surface area contributed by atoms with Crippen LogP contribution in [-0.2, 0) is 9.59 Å². The van der Waals surface area contributed by atoms with Gasteiger partial charge in [0.25, 0.3) is 0 Å². The van der Waals surface area contributed by atoms with E-state index in [4.69, 9.17) is 16.6 Å². The summed E-state index contributed by atoms with van der Waals surface area (Å²) in [7, 11) is 0. The molecule has 0 fully saturated rings. The van der Waals surface area contributed by atoms with Crippen LogP contribution < -0.4 is 11.5 Å². The molecule has 5 nitrogen and oxygen atoms in total. The van der Waals surface area contributed by atoms with Crippen LogP contribution in [0.15, 0.2) is 0 Å². The molecule has 0 aromatic rings. The highest BCUT2D eigenvalue weighted by molar-refractivity contribution is 7.99. The second-order valence-corrected chi connectivity index (χ2v) is 3.77. The first-order chi connectivity index (χ1) is 5.95. The Morgan fingerprint density at radius 2 is 1.77 bits per heavy atom. The number of carboxylic acid groups (broad SMARTS) is 1. The summed E-state index contributed by atoms with van der Waals surface area (Å²) in [6.45, 7) is 1.41. The Labute approximate surface area is 80.8 Å². The van der Waals surface area contributed by atoms with Gasteiger partial charge in [0.2, 0.25) is 0 Å². The van der Waals surface area contributed by atoms with Gasteiger partial charge in [-0.3, -0.25) is 9.59 Å². The Morgan fingerprint density at radius 1 is 1.31 bits per heavy atom. The molecule has 76 valence electrons. The number of hydrogen-bond donors (Lipinski definition) is 3. The summed E-state index contributed by atoms with van der Waals surface area (Å²) in [5, 5.41) is 8.42. The summed E-state index contributed by atoms with van der Waals surface area (Å²) in [4.78, 5) is 20.9. The molecule has 0 radical (unpaired) electrons. The lowest BCUT2D eigenvalue weighted by Crippen LogP contribution is -2.35. The van der Waals surface area contributed by atoms with E-state index in [-0.39, 0.29) is 11.5 Å². The third-order valence-corrected chi connectivity index (χ3v) is 2.62. The minimum atomic E-state index is -1.04. The SMILES string of the molecule is CC(=O)C(N)CSCC(N)C(=O)O. The summed E-state index contributed by atoms with van der Waals surface area (Å²) in [6, 6.07) is -1.41. The molecule has 0 saturated carbocycles. The fourth-order valence-electron chi connectivity index (χ4n) is 0.511. The van der Waals surface area contributed by atoms with Gasteiger partial charge < -0.3 is 16.6 Å². The smallest absolute Gasteiger partial charge is 0.321 e. The predicted octanol–water partition coefficient (Wildman–Crippen LogP) is -0.952. The molecule has 0 aliphatic rings. The van der Waals surface area contributed by atoms with Crippen molar-refractivity contribution in [3.63, 3.8) is 0 Å². The van der Waals surface area contributed by atoms with Crippen molar-refractivity contribution in [2.24, 2.45) is 11.5 Å². The molecule has 0 bridgehead atoms. The van der Waals surface area contributed by atoms with Crippen LogP contribution in [0.5, 0.6) is 0 Å². The maximum Gasteiger partial charge on any atom is 0.321 e. The van der Waals surface area contributed by atoms with Crippen molar-refractivity contribution in [3.8, 4) is 0 Å². The molecule has 0 aliphatic carbocycles. The van der Waals surface area contributed by atoms with Crippen molar-refractivity contribution in [3.05, 3.63) is 0 Å². The first-order valence-electron chi connectivity index (χ1n) is 3.77. The van der Waals surface area contributed by atoms with Gasteiger partial charge in [0.15, 0.2) is 0 Å². The lowest BCUT2D eigenvalue weighted by molar-refractivity contribution is -0.137. The highest BCUT2D eigenvalue weighted by Gasteiger charge is 2.13. The lowest BCUT2D eigenvalue weighted by atomic mass is 10.3. The van der Waals surface area contributed by atoms with Crippen LogP contribution in [0.3, 0.4) is 0 Å².